The van der Waals surface area contributed by atoms with Crippen molar-refractivity contribution in [3.63, 3.8) is 0 Å². The van der Waals surface area contributed by atoms with E-state index in [9.17, 15) is 8.42 Å². The van der Waals surface area contributed by atoms with Crippen molar-refractivity contribution in [2.24, 2.45) is 5.92 Å². The number of benzene rings is 1. The van der Waals surface area contributed by atoms with E-state index in [0.717, 1.165) is 49.4 Å². The van der Waals surface area contributed by atoms with Gasteiger partial charge in [-0.2, -0.15) is 9.64 Å². The number of fused-ring (bicyclic) bond motifs is 1. The molecule has 0 spiro atoms. The number of rotatable bonds is 4. The maximum Gasteiger partial charge on any atom is 0.263 e. The lowest BCUT2D eigenvalue weighted by Gasteiger charge is -2.39. The second-order valence-corrected chi connectivity index (χ2v) is 9.11. The van der Waals surface area contributed by atoms with E-state index >= 15 is 0 Å². The number of hydrogen-bond acceptors (Lipinski definition) is 8. The third-order valence-corrected chi connectivity index (χ3v) is 7.08. The van der Waals surface area contributed by atoms with Crippen LogP contribution in [-0.2, 0) is 10.0 Å². The summed E-state index contributed by atoms with van der Waals surface area (Å²) in [5.41, 5.74) is 1.01. The third kappa shape index (κ3) is 3.76. The van der Waals surface area contributed by atoms with E-state index in [4.69, 9.17) is 10.00 Å². The monoisotopic (exact) mass is 405 g/mol. The summed E-state index contributed by atoms with van der Waals surface area (Å²) < 4.78 is 37.1. The van der Waals surface area contributed by atoms with E-state index in [0.29, 0.717) is 12.4 Å². The summed E-state index contributed by atoms with van der Waals surface area (Å²) in [6, 6.07) is 7.57. The van der Waals surface area contributed by atoms with Gasteiger partial charge in [0.2, 0.25) is 5.13 Å². The summed E-state index contributed by atoms with van der Waals surface area (Å²) >= 11 is 0.982. The van der Waals surface area contributed by atoms with Gasteiger partial charge in [-0.25, -0.2) is 13.4 Å². The quantitative estimate of drug-likeness (QED) is 0.832. The van der Waals surface area contributed by atoms with Crippen LogP contribution >= 0.6 is 11.5 Å². The Bertz CT molecular complexity index is 947. The SMILES string of the molecule is N#CC1CCN(C2CCOc3cc(S(=O)(=O)Nc4ncns4)ccc32)CC1. The Balaban J connectivity index is 1.56. The molecular formula is C17H19N5O3S2. The molecule has 0 saturated carbocycles. The average Bonchev–Trinajstić information content (AvgIpc) is 3.19. The number of sulfonamides is 1. The smallest absolute Gasteiger partial charge is 0.263 e. The Hall–Kier alpha value is -2.22. The molecule has 1 fully saturated rings. The molecule has 1 atom stereocenters. The predicted molar refractivity (Wildman–Crippen MR) is 99.9 cm³/mol. The normalized spacial score (nSPS) is 21.1. The van der Waals surface area contributed by atoms with Gasteiger partial charge in [0.05, 0.1) is 17.6 Å². The number of ether oxygens (including phenoxy) is 1. The van der Waals surface area contributed by atoms with Crippen LogP contribution < -0.4 is 9.46 Å². The zero-order valence-corrected chi connectivity index (χ0v) is 16.2. The molecule has 4 rings (SSSR count). The fraction of sp³-hybridized carbons (Fsp3) is 0.471. The van der Waals surface area contributed by atoms with Gasteiger partial charge in [-0.05, 0) is 18.9 Å². The van der Waals surface area contributed by atoms with Gasteiger partial charge in [0, 0.05) is 54.6 Å². The van der Waals surface area contributed by atoms with Crippen molar-refractivity contribution in [1.29, 1.82) is 5.26 Å². The van der Waals surface area contributed by atoms with E-state index in [1.54, 1.807) is 12.1 Å². The van der Waals surface area contributed by atoms with E-state index in [2.05, 4.69) is 25.0 Å². The summed E-state index contributed by atoms with van der Waals surface area (Å²) in [7, 11) is -3.74. The van der Waals surface area contributed by atoms with Crippen LogP contribution in [0, 0.1) is 17.2 Å². The van der Waals surface area contributed by atoms with Gasteiger partial charge >= 0.3 is 0 Å². The predicted octanol–water partition coefficient (Wildman–Crippen LogP) is 2.40. The number of nitriles is 1. The first-order chi connectivity index (χ1) is 13.1. The molecule has 1 aromatic carbocycles. The summed E-state index contributed by atoms with van der Waals surface area (Å²) in [5, 5.41) is 9.31. The van der Waals surface area contributed by atoms with Gasteiger partial charge in [0.25, 0.3) is 10.0 Å². The van der Waals surface area contributed by atoms with E-state index < -0.39 is 10.0 Å². The molecule has 8 nitrogen and oxygen atoms in total. The first-order valence-corrected chi connectivity index (χ1v) is 11.0. The Kier molecular flexibility index (Phi) is 4.99. The maximum absolute atomic E-state index is 12.6. The van der Waals surface area contributed by atoms with Crippen molar-refractivity contribution in [2.45, 2.75) is 30.2 Å². The molecule has 142 valence electrons. The highest BCUT2D eigenvalue weighted by Crippen LogP contribution is 2.39. The first kappa shape index (κ1) is 18.2. The van der Waals surface area contributed by atoms with Gasteiger partial charge < -0.3 is 4.74 Å². The summed E-state index contributed by atoms with van der Waals surface area (Å²) in [4.78, 5) is 6.37. The van der Waals surface area contributed by atoms with Crippen LogP contribution in [0.2, 0.25) is 0 Å². The summed E-state index contributed by atoms with van der Waals surface area (Å²) in [6.07, 6.45) is 3.92. The molecule has 0 radical (unpaired) electrons. The van der Waals surface area contributed by atoms with Crippen molar-refractivity contribution in [3.8, 4) is 11.8 Å². The Morgan fingerprint density at radius 1 is 1.30 bits per heavy atom. The molecule has 0 bridgehead atoms. The molecule has 2 aliphatic heterocycles. The molecule has 0 amide bonds. The van der Waals surface area contributed by atoms with Crippen molar-refractivity contribution in [3.05, 3.63) is 30.1 Å². The van der Waals surface area contributed by atoms with Gasteiger partial charge in [0.15, 0.2) is 0 Å². The maximum atomic E-state index is 12.6. The topological polar surface area (TPSA) is 108 Å². The van der Waals surface area contributed by atoms with Crippen LogP contribution in [0.4, 0.5) is 5.13 Å². The second kappa shape index (κ2) is 7.42. The summed E-state index contributed by atoms with van der Waals surface area (Å²) in [6.45, 7) is 2.30. The molecule has 10 heteroatoms. The Labute approximate surface area is 162 Å². The number of piperidine rings is 1. The lowest BCUT2D eigenvalue weighted by Crippen LogP contribution is -2.38. The highest BCUT2D eigenvalue weighted by atomic mass is 32.2. The molecule has 2 aromatic rings. The minimum atomic E-state index is -3.74. The Morgan fingerprint density at radius 2 is 2.11 bits per heavy atom. The first-order valence-electron chi connectivity index (χ1n) is 8.77. The highest BCUT2D eigenvalue weighted by molar-refractivity contribution is 7.93. The molecule has 1 saturated heterocycles. The zero-order chi connectivity index (χ0) is 18.9. The van der Waals surface area contributed by atoms with Crippen LogP contribution in [0.1, 0.15) is 30.9 Å². The lowest BCUT2D eigenvalue weighted by molar-refractivity contribution is 0.109. The number of anilines is 1. The van der Waals surface area contributed by atoms with Crippen molar-refractivity contribution in [1.82, 2.24) is 14.3 Å². The van der Waals surface area contributed by atoms with E-state index in [1.807, 2.05) is 6.07 Å². The number of nitrogens with zero attached hydrogens (tertiary/aromatic N) is 4. The number of hydrogen-bond donors (Lipinski definition) is 1. The third-order valence-electron chi connectivity index (χ3n) is 5.04. The van der Waals surface area contributed by atoms with Crippen LogP contribution in [0.25, 0.3) is 0 Å². The molecule has 3 heterocycles. The van der Waals surface area contributed by atoms with Crippen molar-refractivity contribution >= 4 is 26.7 Å². The van der Waals surface area contributed by atoms with E-state index in [-0.39, 0.29) is 22.0 Å². The number of aromatic nitrogens is 2. The van der Waals surface area contributed by atoms with Crippen LogP contribution in [0.5, 0.6) is 5.75 Å². The Morgan fingerprint density at radius 3 is 2.81 bits per heavy atom. The molecule has 1 N–H and O–H groups in total. The van der Waals surface area contributed by atoms with Gasteiger partial charge in [-0.1, -0.05) is 6.07 Å². The number of likely N-dealkylation sites (tertiary alicyclic amines) is 1. The van der Waals surface area contributed by atoms with Gasteiger partial charge in [-0.3, -0.25) is 9.62 Å². The fourth-order valence-corrected chi connectivity index (χ4v) is 5.31. The van der Waals surface area contributed by atoms with Crippen LogP contribution in [-0.4, -0.2) is 42.4 Å². The van der Waals surface area contributed by atoms with Crippen molar-refractivity contribution in [2.75, 3.05) is 24.4 Å². The molecule has 27 heavy (non-hydrogen) atoms. The molecule has 1 aromatic heterocycles. The van der Waals surface area contributed by atoms with Crippen LogP contribution in [0.15, 0.2) is 29.4 Å². The highest BCUT2D eigenvalue weighted by Gasteiger charge is 2.31. The number of nitrogens with one attached hydrogen (secondary N) is 1. The largest absolute Gasteiger partial charge is 0.493 e. The molecule has 2 aliphatic rings. The molecule has 1 unspecified atom stereocenters. The minimum absolute atomic E-state index is 0.138. The van der Waals surface area contributed by atoms with Crippen molar-refractivity contribution < 1.29 is 13.2 Å². The van der Waals surface area contributed by atoms with E-state index in [1.165, 1.54) is 6.33 Å². The molecule has 0 aliphatic carbocycles. The van der Waals surface area contributed by atoms with Gasteiger partial charge in [0.1, 0.15) is 12.1 Å². The standard InChI is InChI=1S/C17H19N5O3S2/c18-10-12-3-6-22(7-4-12)15-5-8-25-16-9-13(1-2-14(15)16)27(23,24)21-17-19-11-20-26-17/h1-2,9,11-12,15H,3-8H2,(H,19,20,21). The second-order valence-electron chi connectivity index (χ2n) is 6.64. The fourth-order valence-electron chi connectivity index (χ4n) is 3.63. The van der Waals surface area contributed by atoms with Gasteiger partial charge in [-0.15, -0.1) is 0 Å². The summed E-state index contributed by atoms with van der Waals surface area (Å²) in [5.74, 6) is 0.744. The average molecular weight is 406 g/mol. The minimum Gasteiger partial charge on any atom is -0.493 e. The lowest BCUT2D eigenvalue weighted by atomic mass is 9.93. The zero-order valence-electron chi connectivity index (χ0n) is 14.5. The van der Waals surface area contributed by atoms with Crippen LogP contribution in [0.3, 0.4) is 0 Å². The molecular weight excluding hydrogens is 386 g/mol.